The Morgan fingerprint density at radius 2 is 2.04 bits per heavy atom. The SMILES string of the molecule is Cc1cc(-c2nnc3n2[C@@H](C)C(=O)N(Cc2ccccc2Cl)C3)n(C)n1. The van der Waals surface area contributed by atoms with Gasteiger partial charge in [0, 0.05) is 18.6 Å². The number of rotatable bonds is 3. The molecule has 1 atom stereocenters. The molecule has 0 saturated carbocycles. The molecule has 0 fully saturated rings. The maximum atomic E-state index is 13.0. The molecule has 3 heterocycles. The van der Waals surface area contributed by atoms with Gasteiger partial charge in [0.1, 0.15) is 11.7 Å². The molecular formula is C18H19ClN6O. The molecule has 2 aromatic heterocycles. The van der Waals surface area contributed by atoms with Crippen LogP contribution < -0.4 is 0 Å². The summed E-state index contributed by atoms with van der Waals surface area (Å²) in [7, 11) is 1.86. The average Bonchev–Trinajstić information content (AvgIpc) is 3.16. The second-order valence-electron chi connectivity index (χ2n) is 6.57. The molecule has 0 unspecified atom stereocenters. The van der Waals surface area contributed by atoms with Gasteiger partial charge in [-0.1, -0.05) is 29.8 Å². The van der Waals surface area contributed by atoms with Gasteiger partial charge in [-0.05, 0) is 31.5 Å². The molecule has 134 valence electrons. The molecule has 0 saturated heterocycles. The molecule has 1 aromatic carbocycles. The summed E-state index contributed by atoms with van der Waals surface area (Å²) >= 11 is 6.25. The molecule has 0 bridgehead atoms. The van der Waals surface area contributed by atoms with Crippen molar-refractivity contribution in [1.29, 1.82) is 0 Å². The van der Waals surface area contributed by atoms with Gasteiger partial charge in [0.2, 0.25) is 5.91 Å². The number of halogens is 1. The third-order valence-corrected chi connectivity index (χ3v) is 5.07. The Bertz CT molecular complexity index is 991. The number of hydrogen-bond acceptors (Lipinski definition) is 4. The standard InChI is InChI=1S/C18H19ClN6O/c1-11-8-15(23(3)22-11)17-21-20-16-10-24(18(26)12(2)25(16)17)9-13-6-4-5-7-14(13)19/h4-8,12H,9-10H2,1-3H3/t12-/m0/s1. The molecule has 4 rings (SSSR count). The number of carbonyl (C=O) groups excluding carboxylic acids is 1. The van der Waals surface area contributed by atoms with Gasteiger partial charge in [-0.3, -0.25) is 14.0 Å². The molecule has 0 N–H and O–H groups in total. The van der Waals surface area contributed by atoms with E-state index in [1.54, 1.807) is 9.58 Å². The quantitative estimate of drug-likeness (QED) is 0.710. The summed E-state index contributed by atoms with van der Waals surface area (Å²) in [5.74, 6) is 1.46. The summed E-state index contributed by atoms with van der Waals surface area (Å²) in [6.45, 7) is 4.66. The van der Waals surface area contributed by atoms with E-state index in [2.05, 4.69) is 15.3 Å². The van der Waals surface area contributed by atoms with Crippen LogP contribution in [-0.4, -0.2) is 35.4 Å². The van der Waals surface area contributed by atoms with Crippen LogP contribution in [-0.2, 0) is 24.9 Å². The van der Waals surface area contributed by atoms with Gasteiger partial charge >= 0.3 is 0 Å². The van der Waals surface area contributed by atoms with Gasteiger partial charge in [-0.2, -0.15) is 5.10 Å². The Balaban J connectivity index is 1.69. The third kappa shape index (κ3) is 2.68. The summed E-state index contributed by atoms with van der Waals surface area (Å²) in [5, 5.41) is 13.7. The molecule has 0 aliphatic carbocycles. The number of aryl methyl sites for hydroxylation is 2. The van der Waals surface area contributed by atoms with Crippen LogP contribution in [0.2, 0.25) is 5.02 Å². The van der Waals surface area contributed by atoms with E-state index in [9.17, 15) is 4.79 Å². The van der Waals surface area contributed by atoms with Crippen LogP contribution in [0.4, 0.5) is 0 Å². The number of benzene rings is 1. The van der Waals surface area contributed by atoms with Crippen molar-refractivity contribution in [3.05, 3.63) is 52.4 Å². The Morgan fingerprint density at radius 1 is 1.27 bits per heavy atom. The smallest absolute Gasteiger partial charge is 0.246 e. The first-order valence-corrected chi connectivity index (χ1v) is 8.80. The monoisotopic (exact) mass is 370 g/mol. The Hall–Kier alpha value is -2.67. The molecule has 26 heavy (non-hydrogen) atoms. The third-order valence-electron chi connectivity index (χ3n) is 4.71. The van der Waals surface area contributed by atoms with Crippen LogP contribution in [0.3, 0.4) is 0 Å². The van der Waals surface area contributed by atoms with Crippen LogP contribution in [0, 0.1) is 6.92 Å². The van der Waals surface area contributed by atoms with Crippen molar-refractivity contribution >= 4 is 17.5 Å². The molecule has 3 aromatic rings. The molecule has 0 radical (unpaired) electrons. The normalized spacial score (nSPS) is 16.8. The van der Waals surface area contributed by atoms with Gasteiger partial charge in [0.25, 0.3) is 0 Å². The van der Waals surface area contributed by atoms with E-state index < -0.39 is 0 Å². The summed E-state index contributed by atoms with van der Waals surface area (Å²) in [6, 6.07) is 9.13. The van der Waals surface area contributed by atoms with Gasteiger partial charge in [0.05, 0.1) is 12.2 Å². The van der Waals surface area contributed by atoms with Crippen molar-refractivity contribution in [2.75, 3.05) is 0 Å². The molecule has 0 spiro atoms. The maximum absolute atomic E-state index is 13.0. The number of aromatic nitrogens is 5. The van der Waals surface area contributed by atoms with E-state index in [-0.39, 0.29) is 11.9 Å². The van der Waals surface area contributed by atoms with Crippen LogP contribution in [0.15, 0.2) is 30.3 Å². The predicted molar refractivity (Wildman–Crippen MR) is 97.4 cm³/mol. The lowest BCUT2D eigenvalue weighted by molar-refractivity contribution is -0.137. The maximum Gasteiger partial charge on any atom is 0.246 e. The van der Waals surface area contributed by atoms with Gasteiger partial charge in [0.15, 0.2) is 11.6 Å². The van der Waals surface area contributed by atoms with Crippen molar-refractivity contribution in [3.63, 3.8) is 0 Å². The van der Waals surface area contributed by atoms with E-state index in [4.69, 9.17) is 11.6 Å². The van der Waals surface area contributed by atoms with Crippen LogP contribution in [0.5, 0.6) is 0 Å². The van der Waals surface area contributed by atoms with Crippen molar-refractivity contribution < 1.29 is 4.79 Å². The topological polar surface area (TPSA) is 68.8 Å². The van der Waals surface area contributed by atoms with Gasteiger partial charge in [-0.15, -0.1) is 10.2 Å². The fourth-order valence-electron chi connectivity index (χ4n) is 3.42. The molecule has 1 amide bonds. The zero-order chi connectivity index (χ0) is 18.4. The fourth-order valence-corrected chi connectivity index (χ4v) is 3.62. The Kier molecular flexibility index (Phi) is 4.03. The van der Waals surface area contributed by atoms with Crippen LogP contribution >= 0.6 is 11.6 Å². The van der Waals surface area contributed by atoms with Crippen molar-refractivity contribution in [2.45, 2.75) is 33.0 Å². The lowest BCUT2D eigenvalue weighted by atomic mass is 10.1. The van der Waals surface area contributed by atoms with E-state index in [0.29, 0.717) is 23.9 Å². The predicted octanol–water partition coefficient (Wildman–Crippen LogP) is 2.74. The highest BCUT2D eigenvalue weighted by Crippen LogP contribution is 2.30. The minimum absolute atomic E-state index is 0.0253. The van der Waals surface area contributed by atoms with Crippen molar-refractivity contribution in [3.8, 4) is 11.5 Å². The highest BCUT2D eigenvalue weighted by Gasteiger charge is 2.34. The molecule has 1 aliphatic heterocycles. The zero-order valence-electron chi connectivity index (χ0n) is 14.8. The fraction of sp³-hybridized carbons (Fsp3) is 0.333. The van der Waals surface area contributed by atoms with Crippen molar-refractivity contribution in [2.24, 2.45) is 7.05 Å². The first-order chi connectivity index (χ1) is 12.5. The summed E-state index contributed by atoms with van der Waals surface area (Å²) in [6.07, 6.45) is 0. The molecule has 8 heteroatoms. The largest absolute Gasteiger partial charge is 0.329 e. The highest BCUT2D eigenvalue weighted by molar-refractivity contribution is 6.31. The van der Waals surface area contributed by atoms with Crippen LogP contribution in [0.1, 0.15) is 30.0 Å². The number of hydrogen-bond donors (Lipinski definition) is 0. The summed E-state index contributed by atoms with van der Waals surface area (Å²) < 4.78 is 3.67. The van der Waals surface area contributed by atoms with Gasteiger partial charge in [-0.25, -0.2) is 0 Å². The van der Waals surface area contributed by atoms with Crippen LogP contribution in [0.25, 0.3) is 11.5 Å². The molecule has 7 nitrogen and oxygen atoms in total. The number of nitrogens with zero attached hydrogens (tertiary/aromatic N) is 6. The number of carbonyl (C=O) groups is 1. The van der Waals surface area contributed by atoms with E-state index in [1.165, 1.54) is 0 Å². The molecular weight excluding hydrogens is 352 g/mol. The lowest BCUT2D eigenvalue weighted by Gasteiger charge is -2.32. The Morgan fingerprint density at radius 3 is 2.73 bits per heavy atom. The lowest BCUT2D eigenvalue weighted by Crippen LogP contribution is -2.41. The highest BCUT2D eigenvalue weighted by atomic mass is 35.5. The number of amides is 1. The minimum Gasteiger partial charge on any atom is -0.329 e. The van der Waals surface area contributed by atoms with E-state index in [0.717, 1.165) is 22.8 Å². The average molecular weight is 371 g/mol. The van der Waals surface area contributed by atoms with Crippen molar-refractivity contribution in [1.82, 2.24) is 29.4 Å². The Labute approximate surface area is 156 Å². The number of fused-ring (bicyclic) bond motifs is 1. The first kappa shape index (κ1) is 16.8. The molecule has 1 aliphatic rings. The van der Waals surface area contributed by atoms with E-state index >= 15 is 0 Å². The summed E-state index contributed by atoms with van der Waals surface area (Å²) in [4.78, 5) is 14.7. The second kappa shape index (κ2) is 6.25. The van der Waals surface area contributed by atoms with Gasteiger partial charge < -0.3 is 4.90 Å². The summed E-state index contributed by atoms with van der Waals surface area (Å²) in [5.41, 5.74) is 2.67. The second-order valence-corrected chi connectivity index (χ2v) is 6.97. The zero-order valence-corrected chi connectivity index (χ0v) is 15.6. The minimum atomic E-state index is -0.388. The van der Waals surface area contributed by atoms with E-state index in [1.807, 2.05) is 55.8 Å². The first-order valence-electron chi connectivity index (χ1n) is 8.42.